The Morgan fingerprint density at radius 2 is 2.27 bits per heavy atom. The standard InChI is InChI=1S/C10H13NO3S/c12-10-2-1-9-6-11(7-15(13)14)4-3-8(9)5-10/h1-2,5,12H,3-4,6-7H2,(H,13,14)/p-1. The minimum absolute atomic E-state index is 0.0836. The normalized spacial score (nSPS) is 18.5. The van der Waals surface area contributed by atoms with Crippen LogP contribution in [0.4, 0.5) is 0 Å². The number of nitrogens with zero attached hydrogens (tertiary/aromatic N) is 1. The average molecular weight is 226 g/mol. The Kier molecular flexibility index (Phi) is 3.04. The monoisotopic (exact) mass is 226 g/mol. The zero-order chi connectivity index (χ0) is 10.8. The third-order valence-electron chi connectivity index (χ3n) is 2.57. The molecule has 0 spiro atoms. The number of hydrogen-bond acceptors (Lipinski definition) is 4. The molecule has 1 aliphatic rings. The summed E-state index contributed by atoms with van der Waals surface area (Å²) >= 11 is -2.02. The molecule has 0 saturated heterocycles. The van der Waals surface area contributed by atoms with Crippen LogP contribution in [-0.4, -0.2) is 31.2 Å². The van der Waals surface area contributed by atoms with Crippen LogP contribution in [0.15, 0.2) is 18.2 Å². The van der Waals surface area contributed by atoms with Gasteiger partial charge in [0.05, 0.1) is 5.88 Å². The highest BCUT2D eigenvalue weighted by Crippen LogP contribution is 2.22. The van der Waals surface area contributed by atoms with Crippen molar-refractivity contribution in [2.75, 3.05) is 12.4 Å². The number of benzene rings is 1. The van der Waals surface area contributed by atoms with E-state index >= 15 is 0 Å². The van der Waals surface area contributed by atoms with Crippen molar-refractivity contribution in [2.24, 2.45) is 0 Å². The zero-order valence-electron chi connectivity index (χ0n) is 8.18. The van der Waals surface area contributed by atoms with E-state index in [1.165, 1.54) is 0 Å². The largest absolute Gasteiger partial charge is 0.771 e. The van der Waals surface area contributed by atoms with E-state index < -0.39 is 11.1 Å². The summed E-state index contributed by atoms with van der Waals surface area (Å²) in [6, 6.07) is 5.24. The molecule has 4 nitrogen and oxygen atoms in total. The Balaban J connectivity index is 2.13. The molecular formula is C10H12NO3S-. The molecule has 0 amide bonds. The minimum Gasteiger partial charge on any atom is -0.771 e. The molecule has 2 rings (SSSR count). The van der Waals surface area contributed by atoms with Gasteiger partial charge in [0.2, 0.25) is 0 Å². The molecule has 1 atom stereocenters. The van der Waals surface area contributed by atoms with Crippen LogP contribution in [0.2, 0.25) is 0 Å². The van der Waals surface area contributed by atoms with Gasteiger partial charge in [-0.1, -0.05) is 6.07 Å². The van der Waals surface area contributed by atoms with Gasteiger partial charge >= 0.3 is 0 Å². The van der Waals surface area contributed by atoms with Gasteiger partial charge in [-0.25, -0.2) is 0 Å². The molecule has 1 N–H and O–H groups in total. The molecule has 0 saturated carbocycles. The maximum atomic E-state index is 10.6. The van der Waals surface area contributed by atoms with E-state index in [1.807, 2.05) is 11.0 Å². The highest BCUT2D eigenvalue weighted by molar-refractivity contribution is 7.79. The van der Waals surface area contributed by atoms with E-state index in [0.717, 1.165) is 24.1 Å². The molecule has 0 fully saturated rings. The van der Waals surface area contributed by atoms with Crippen LogP contribution in [0.25, 0.3) is 0 Å². The van der Waals surface area contributed by atoms with E-state index in [0.29, 0.717) is 6.54 Å². The molecule has 1 aliphatic heterocycles. The van der Waals surface area contributed by atoms with E-state index in [4.69, 9.17) is 0 Å². The fourth-order valence-electron chi connectivity index (χ4n) is 1.86. The summed E-state index contributed by atoms with van der Waals surface area (Å²) in [6.45, 7) is 1.37. The predicted octanol–water partition coefficient (Wildman–Crippen LogP) is 0.587. The molecule has 0 aromatic heterocycles. The number of aromatic hydroxyl groups is 1. The van der Waals surface area contributed by atoms with Gasteiger partial charge in [0, 0.05) is 13.1 Å². The molecule has 0 aliphatic carbocycles. The maximum absolute atomic E-state index is 10.6. The smallest absolute Gasteiger partial charge is 0.115 e. The second-order valence-corrected chi connectivity index (χ2v) is 4.55. The summed E-state index contributed by atoms with van der Waals surface area (Å²) in [7, 11) is 0. The molecule has 1 aromatic rings. The third kappa shape index (κ3) is 2.56. The van der Waals surface area contributed by atoms with Gasteiger partial charge in [-0.05, 0) is 40.8 Å². The first-order valence-electron chi connectivity index (χ1n) is 4.74. The van der Waals surface area contributed by atoms with Crippen molar-refractivity contribution in [3.8, 4) is 5.75 Å². The van der Waals surface area contributed by atoms with Crippen molar-refractivity contribution in [2.45, 2.75) is 13.0 Å². The van der Waals surface area contributed by atoms with Gasteiger partial charge in [-0.3, -0.25) is 9.11 Å². The van der Waals surface area contributed by atoms with Gasteiger partial charge in [0.15, 0.2) is 0 Å². The van der Waals surface area contributed by atoms with Crippen LogP contribution < -0.4 is 0 Å². The quantitative estimate of drug-likeness (QED) is 0.749. The maximum Gasteiger partial charge on any atom is 0.115 e. The first-order chi connectivity index (χ1) is 7.15. The average Bonchev–Trinajstić information content (AvgIpc) is 2.17. The number of hydrogen-bond donors (Lipinski definition) is 1. The number of phenols is 1. The Morgan fingerprint density at radius 1 is 1.47 bits per heavy atom. The van der Waals surface area contributed by atoms with Crippen LogP contribution >= 0.6 is 0 Å². The summed E-state index contributed by atoms with van der Waals surface area (Å²) in [5.41, 5.74) is 2.22. The first kappa shape index (κ1) is 10.6. The molecule has 1 aromatic carbocycles. The molecule has 15 heavy (non-hydrogen) atoms. The Bertz CT molecular complexity index is 394. The van der Waals surface area contributed by atoms with Crippen LogP contribution in [0.3, 0.4) is 0 Å². The topological polar surface area (TPSA) is 63.6 Å². The fourth-order valence-corrected chi connectivity index (χ4v) is 2.38. The molecule has 0 bridgehead atoms. The van der Waals surface area contributed by atoms with Crippen LogP contribution in [0.5, 0.6) is 5.75 Å². The van der Waals surface area contributed by atoms with Gasteiger partial charge in [0.25, 0.3) is 0 Å². The third-order valence-corrected chi connectivity index (χ3v) is 3.15. The number of rotatable bonds is 2. The molecule has 1 unspecified atom stereocenters. The summed E-state index contributed by atoms with van der Waals surface area (Å²) in [6.07, 6.45) is 0.793. The van der Waals surface area contributed by atoms with E-state index in [-0.39, 0.29) is 11.6 Å². The zero-order valence-corrected chi connectivity index (χ0v) is 9.00. The van der Waals surface area contributed by atoms with Crippen molar-refractivity contribution < 1.29 is 13.9 Å². The van der Waals surface area contributed by atoms with Gasteiger partial charge in [-0.15, -0.1) is 0 Å². The van der Waals surface area contributed by atoms with Crippen LogP contribution in [-0.2, 0) is 24.0 Å². The lowest BCUT2D eigenvalue weighted by Gasteiger charge is -2.29. The summed E-state index contributed by atoms with van der Waals surface area (Å²) in [5, 5.41) is 9.29. The van der Waals surface area contributed by atoms with Gasteiger partial charge in [-0.2, -0.15) is 0 Å². The lowest BCUT2D eigenvalue weighted by Crippen LogP contribution is -2.32. The van der Waals surface area contributed by atoms with E-state index in [1.54, 1.807) is 12.1 Å². The van der Waals surface area contributed by atoms with Crippen LogP contribution in [0, 0.1) is 0 Å². The number of phenolic OH excluding ortho intramolecular Hbond substituents is 1. The Hall–Kier alpha value is -0.910. The molecule has 1 heterocycles. The summed E-state index contributed by atoms with van der Waals surface area (Å²) in [5.74, 6) is 0.356. The highest BCUT2D eigenvalue weighted by atomic mass is 32.2. The molecule has 5 heteroatoms. The van der Waals surface area contributed by atoms with Crippen molar-refractivity contribution in [1.29, 1.82) is 0 Å². The molecule has 82 valence electrons. The first-order valence-corrected chi connectivity index (χ1v) is 5.98. The summed E-state index contributed by atoms with van der Waals surface area (Å²) in [4.78, 5) is 1.88. The van der Waals surface area contributed by atoms with E-state index in [2.05, 4.69) is 0 Å². The minimum atomic E-state index is -2.02. The van der Waals surface area contributed by atoms with Crippen molar-refractivity contribution in [3.05, 3.63) is 29.3 Å². The SMILES string of the molecule is O=S([O-])CN1CCc2cc(O)ccc2C1. The molecular weight excluding hydrogens is 214 g/mol. The van der Waals surface area contributed by atoms with Gasteiger partial charge < -0.3 is 9.66 Å². The van der Waals surface area contributed by atoms with Crippen LogP contribution in [0.1, 0.15) is 11.1 Å². The lowest BCUT2D eigenvalue weighted by atomic mass is 10.00. The van der Waals surface area contributed by atoms with Crippen molar-refractivity contribution >= 4 is 11.1 Å². The second kappa shape index (κ2) is 4.30. The lowest BCUT2D eigenvalue weighted by molar-refractivity contribution is 0.289. The number of fused-ring (bicyclic) bond motifs is 1. The van der Waals surface area contributed by atoms with Crippen molar-refractivity contribution in [1.82, 2.24) is 4.90 Å². The molecule has 0 radical (unpaired) electrons. The Labute approximate surface area is 90.8 Å². The fraction of sp³-hybridized carbons (Fsp3) is 0.400. The van der Waals surface area contributed by atoms with Gasteiger partial charge in [0.1, 0.15) is 5.75 Å². The van der Waals surface area contributed by atoms with E-state index in [9.17, 15) is 13.9 Å². The second-order valence-electron chi connectivity index (χ2n) is 3.69. The summed E-state index contributed by atoms with van der Waals surface area (Å²) < 4.78 is 21.1. The Morgan fingerprint density at radius 3 is 3.00 bits per heavy atom. The van der Waals surface area contributed by atoms with Crippen molar-refractivity contribution in [3.63, 3.8) is 0 Å². The predicted molar refractivity (Wildman–Crippen MR) is 56.0 cm³/mol. The highest BCUT2D eigenvalue weighted by Gasteiger charge is 2.15.